The van der Waals surface area contributed by atoms with Gasteiger partial charge in [-0.3, -0.25) is 4.79 Å². The molecule has 6 N–H and O–H groups in total. The largest absolute Gasteiger partial charge is 0.398 e. The summed E-state index contributed by atoms with van der Waals surface area (Å²) in [6.07, 6.45) is 18.6. The predicted octanol–water partition coefficient (Wildman–Crippen LogP) is 7.45. The lowest BCUT2D eigenvalue weighted by Crippen LogP contribution is -2.35. The number of hydrogen-bond donors (Lipinski definition) is 4. The van der Waals surface area contributed by atoms with Gasteiger partial charge in [-0.2, -0.15) is 0 Å². The van der Waals surface area contributed by atoms with Crippen molar-refractivity contribution in [2.45, 2.75) is 90.5 Å². The Labute approximate surface area is 251 Å². The van der Waals surface area contributed by atoms with E-state index in [1.165, 1.54) is 19.3 Å². The summed E-state index contributed by atoms with van der Waals surface area (Å²) in [5.74, 6) is 1.42. The van der Waals surface area contributed by atoms with Crippen molar-refractivity contribution in [3.8, 4) is 0 Å². The highest BCUT2D eigenvalue weighted by Crippen LogP contribution is 2.26. The standard InChI is InChI=1S/C33H42N6O.C2H6/c1-24(38-30-15-10-11-21-36-30)26-19-17-25(18-20-26)22-29-32(34)27(23-37-33(29)35)12-6-3-2-4-9-16-31(40)39-28-13-7-5-8-14-28;1-2/h3,6,10-11,15,17-21,23,28H,1-2,4-5,7-9,12-14,16,22H2,(H,36,38)(H,39,40)(H4,34,35,37);1-2H3/b6-3-;. The number of pyridine rings is 2. The molecule has 0 atom stereocenters. The molecule has 2 aromatic heterocycles. The molecule has 0 spiro atoms. The van der Waals surface area contributed by atoms with Crippen LogP contribution < -0.4 is 22.1 Å². The number of hydrogen-bond acceptors (Lipinski definition) is 6. The number of allylic oxidation sites excluding steroid dienone is 2. The Morgan fingerprint density at radius 1 is 1.00 bits per heavy atom. The van der Waals surface area contributed by atoms with Crippen LogP contribution in [0.25, 0.3) is 5.70 Å². The van der Waals surface area contributed by atoms with Crippen LogP contribution >= 0.6 is 0 Å². The normalized spacial score (nSPS) is 13.3. The second-order valence-corrected chi connectivity index (χ2v) is 10.6. The van der Waals surface area contributed by atoms with Gasteiger partial charge in [0, 0.05) is 48.2 Å². The van der Waals surface area contributed by atoms with Gasteiger partial charge in [0.25, 0.3) is 0 Å². The smallest absolute Gasteiger partial charge is 0.220 e. The van der Waals surface area contributed by atoms with Gasteiger partial charge < -0.3 is 22.1 Å². The number of anilines is 3. The van der Waals surface area contributed by atoms with E-state index in [9.17, 15) is 4.79 Å². The third-order valence-corrected chi connectivity index (χ3v) is 7.47. The summed E-state index contributed by atoms with van der Waals surface area (Å²) in [7, 11) is 0. The van der Waals surface area contributed by atoms with Crippen molar-refractivity contribution in [3.05, 3.63) is 95.8 Å². The van der Waals surface area contributed by atoms with Gasteiger partial charge in [0.15, 0.2) is 0 Å². The lowest BCUT2D eigenvalue weighted by atomic mass is 9.95. The van der Waals surface area contributed by atoms with Crippen molar-refractivity contribution < 1.29 is 4.79 Å². The van der Waals surface area contributed by atoms with E-state index in [1.54, 1.807) is 12.4 Å². The molecule has 224 valence electrons. The maximum absolute atomic E-state index is 12.2. The molecular weight excluding hydrogens is 520 g/mol. The minimum atomic E-state index is 0.199. The first-order chi connectivity index (χ1) is 20.5. The number of nitrogen functional groups attached to an aromatic ring is 2. The molecule has 4 rings (SSSR count). The summed E-state index contributed by atoms with van der Waals surface area (Å²) in [6.45, 7) is 8.13. The highest BCUT2D eigenvalue weighted by Gasteiger charge is 2.15. The van der Waals surface area contributed by atoms with Crippen molar-refractivity contribution >= 4 is 28.9 Å². The molecule has 1 fully saturated rings. The molecule has 0 unspecified atom stereocenters. The summed E-state index contributed by atoms with van der Waals surface area (Å²) in [5, 5.41) is 6.42. The van der Waals surface area contributed by atoms with Gasteiger partial charge >= 0.3 is 0 Å². The lowest BCUT2D eigenvalue weighted by Gasteiger charge is -2.22. The fourth-order valence-corrected chi connectivity index (χ4v) is 5.09. The van der Waals surface area contributed by atoms with E-state index in [4.69, 9.17) is 11.5 Å². The highest BCUT2D eigenvalue weighted by molar-refractivity contribution is 5.76. The third-order valence-electron chi connectivity index (χ3n) is 7.47. The Balaban J connectivity index is 0.00000237. The van der Waals surface area contributed by atoms with Crippen molar-refractivity contribution in [1.29, 1.82) is 0 Å². The van der Waals surface area contributed by atoms with E-state index in [1.807, 2.05) is 44.2 Å². The van der Waals surface area contributed by atoms with E-state index in [0.717, 1.165) is 65.9 Å². The van der Waals surface area contributed by atoms with Crippen LogP contribution in [0.15, 0.2) is 73.6 Å². The van der Waals surface area contributed by atoms with Crippen LogP contribution in [-0.2, 0) is 17.6 Å². The summed E-state index contributed by atoms with van der Waals surface area (Å²) < 4.78 is 0. The zero-order chi connectivity index (χ0) is 30.2. The van der Waals surface area contributed by atoms with Crippen LogP contribution in [0.5, 0.6) is 0 Å². The van der Waals surface area contributed by atoms with E-state index >= 15 is 0 Å². The molecule has 1 aromatic carbocycles. The van der Waals surface area contributed by atoms with Crippen LogP contribution in [-0.4, -0.2) is 21.9 Å². The number of amides is 1. The fraction of sp³-hybridized carbons (Fsp3) is 0.400. The van der Waals surface area contributed by atoms with Crippen LogP contribution in [0.4, 0.5) is 17.3 Å². The van der Waals surface area contributed by atoms with Crippen LogP contribution in [0, 0.1) is 0 Å². The molecule has 3 aromatic rings. The second kappa shape index (κ2) is 17.6. The first-order valence-corrected chi connectivity index (χ1v) is 15.4. The number of carbonyl (C=O) groups excluding carboxylic acids is 1. The van der Waals surface area contributed by atoms with Gasteiger partial charge in [-0.15, -0.1) is 0 Å². The van der Waals surface area contributed by atoms with Gasteiger partial charge in [-0.05, 0) is 67.3 Å². The summed E-state index contributed by atoms with van der Waals surface area (Å²) in [5.41, 5.74) is 18.1. The van der Waals surface area contributed by atoms with Gasteiger partial charge in [0.2, 0.25) is 5.91 Å². The molecule has 1 aliphatic carbocycles. The first kappa shape index (κ1) is 32.4. The Hall–Kier alpha value is -4.13. The number of nitrogens with one attached hydrogen (secondary N) is 2. The number of aromatic nitrogens is 2. The molecule has 1 amide bonds. The van der Waals surface area contributed by atoms with E-state index in [2.05, 4.69) is 51.5 Å². The Bertz CT molecular complexity index is 1280. The Morgan fingerprint density at radius 2 is 1.76 bits per heavy atom. The SMILES string of the molecule is C=C(Nc1ccccn1)c1ccc(Cc2c(N)ncc(C/C=C\CCCCC(=O)NC3CCCCC3)c2N)cc1.CC. The zero-order valence-corrected chi connectivity index (χ0v) is 25.4. The van der Waals surface area contributed by atoms with Crippen molar-refractivity contribution in [3.63, 3.8) is 0 Å². The van der Waals surface area contributed by atoms with Gasteiger partial charge in [-0.1, -0.05) is 82.2 Å². The van der Waals surface area contributed by atoms with Crippen LogP contribution in [0.1, 0.15) is 93.9 Å². The summed E-state index contributed by atoms with van der Waals surface area (Å²) >= 11 is 0. The number of benzene rings is 1. The van der Waals surface area contributed by atoms with Gasteiger partial charge in [0.05, 0.1) is 0 Å². The monoisotopic (exact) mass is 568 g/mol. The molecule has 7 heteroatoms. The summed E-state index contributed by atoms with van der Waals surface area (Å²) in [4.78, 5) is 20.9. The average molecular weight is 569 g/mol. The summed E-state index contributed by atoms with van der Waals surface area (Å²) in [6, 6.07) is 14.3. The number of nitrogens with zero attached hydrogens (tertiary/aromatic N) is 2. The van der Waals surface area contributed by atoms with Crippen molar-refractivity contribution in [2.75, 3.05) is 16.8 Å². The highest BCUT2D eigenvalue weighted by atomic mass is 16.1. The number of rotatable bonds is 13. The minimum absolute atomic E-state index is 0.199. The average Bonchev–Trinajstić information content (AvgIpc) is 3.02. The fourth-order valence-electron chi connectivity index (χ4n) is 5.09. The van der Waals surface area contributed by atoms with Crippen molar-refractivity contribution in [2.24, 2.45) is 0 Å². The molecule has 0 bridgehead atoms. The number of nitrogens with two attached hydrogens (primary N) is 2. The maximum Gasteiger partial charge on any atom is 0.220 e. The molecular formula is C35H48N6O. The molecule has 0 aliphatic heterocycles. The van der Waals surface area contributed by atoms with E-state index in [-0.39, 0.29) is 5.91 Å². The zero-order valence-electron chi connectivity index (χ0n) is 25.4. The molecule has 1 aliphatic rings. The first-order valence-electron chi connectivity index (χ1n) is 15.4. The number of unbranched alkanes of at least 4 members (excludes halogenated alkanes) is 2. The van der Waals surface area contributed by atoms with Gasteiger partial charge in [-0.25, -0.2) is 9.97 Å². The molecule has 2 heterocycles. The molecule has 1 saturated carbocycles. The third kappa shape index (κ3) is 10.4. The molecule has 7 nitrogen and oxygen atoms in total. The topological polar surface area (TPSA) is 119 Å². The van der Waals surface area contributed by atoms with E-state index in [0.29, 0.717) is 36.8 Å². The second-order valence-electron chi connectivity index (χ2n) is 10.6. The maximum atomic E-state index is 12.2. The Morgan fingerprint density at radius 3 is 2.48 bits per heavy atom. The number of carbonyl (C=O) groups is 1. The van der Waals surface area contributed by atoms with Crippen LogP contribution in [0.2, 0.25) is 0 Å². The predicted molar refractivity (Wildman–Crippen MR) is 177 cm³/mol. The Kier molecular flexibility index (Phi) is 13.6. The van der Waals surface area contributed by atoms with E-state index < -0.39 is 0 Å². The van der Waals surface area contributed by atoms with Crippen LogP contribution in [0.3, 0.4) is 0 Å². The minimum Gasteiger partial charge on any atom is -0.398 e. The molecule has 42 heavy (non-hydrogen) atoms. The quantitative estimate of drug-likeness (QED) is 0.126. The molecule has 0 saturated heterocycles. The van der Waals surface area contributed by atoms with Gasteiger partial charge in [0.1, 0.15) is 11.6 Å². The van der Waals surface area contributed by atoms with Crippen molar-refractivity contribution in [1.82, 2.24) is 15.3 Å². The molecule has 0 radical (unpaired) electrons. The lowest BCUT2D eigenvalue weighted by molar-refractivity contribution is -0.122.